The van der Waals surface area contributed by atoms with Gasteiger partial charge in [-0.25, -0.2) is 4.39 Å². The standard InChI is InChI=1S/C16H16FNO/c17-15-8-14(9-18-10-15)16(19)13-6-4-12(5-7-13)11-2-1-3-11/h4-11,16,19H,1-3H2. The zero-order valence-corrected chi connectivity index (χ0v) is 10.6. The number of nitrogens with zero attached hydrogens (tertiary/aromatic N) is 1. The molecule has 0 bridgehead atoms. The molecule has 1 aliphatic rings. The monoisotopic (exact) mass is 257 g/mol. The Morgan fingerprint density at radius 3 is 2.42 bits per heavy atom. The predicted octanol–water partition coefficient (Wildman–Crippen LogP) is 3.57. The van der Waals surface area contributed by atoms with Gasteiger partial charge in [-0.2, -0.15) is 0 Å². The first kappa shape index (κ1) is 12.3. The van der Waals surface area contributed by atoms with Crippen LogP contribution in [0.15, 0.2) is 42.7 Å². The molecule has 3 heteroatoms. The Morgan fingerprint density at radius 2 is 1.84 bits per heavy atom. The van der Waals surface area contributed by atoms with Crippen LogP contribution in [0.25, 0.3) is 0 Å². The normalized spacial score (nSPS) is 16.9. The molecule has 1 atom stereocenters. The van der Waals surface area contributed by atoms with Crippen LogP contribution in [0.2, 0.25) is 0 Å². The minimum absolute atomic E-state index is 0.428. The van der Waals surface area contributed by atoms with Crippen molar-refractivity contribution < 1.29 is 9.50 Å². The number of aliphatic hydroxyl groups is 1. The van der Waals surface area contributed by atoms with Crippen LogP contribution in [0.3, 0.4) is 0 Å². The quantitative estimate of drug-likeness (QED) is 0.911. The molecular weight excluding hydrogens is 241 g/mol. The van der Waals surface area contributed by atoms with E-state index in [1.165, 1.54) is 37.1 Å². The van der Waals surface area contributed by atoms with Crippen molar-refractivity contribution >= 4 is 0 Å². The minimum Gasteiger partial charge on any atom is -0.384 e. The van der Waals surface area contributed by atoms with Gasteiger partial charge in [-0.3, -0.25) is 4.98 Å². The van der Waals surface area contributed by atoms with Gasteiger partial charge < -0.3 is 5.11 Å². The van der Waals surface area contributed by atoms with Gasteiger partial charge in [-0.05, 0) is 36.0 Å². The molecule has 1 fully saturated rings. The molecular formula is C16H16FNO. The highest BCUT2D eigenvalue weighted by atomic mass is 19.1. The van der Waals surface area contributed by atoms with Crippen molar-refractivity contribution in [2.45, 2.75) is 31.3 Å². The summed E-state index contributed by atoms with van der Waals surface area (Å²) in [5.74, 6) is 0.254. The molecule has 0 spiro atoms. The fourth-order valence-electron chi connectivity index (χ4n) is 2.46. The van der Waals surface area contributed by atoms with Crippen molar-refractivity contribution in [2.24, 2.45) is 0 Å². The Balaban J connectivity index is 1.81. The van der Waals surface area contributed by atoms with Crippen molar-refractivity contribution in [2.75, 3.05) is 0 Å². The third-order valence-electron chi connectivity index (χ3n) is 3.87. The fraction of sp³-hybridized carbons (Fsp3) is 0.312. The Bertz CT molecular complexity index is 563. The molecule has 3 rings (SSSR count). The minimum atomic E-state index is -0.821. The second-order valence-electron chi connectivity index (χ2n) is 5.13. The number of hydrogen-bond acceptors (Lipinski definition) is 2. The predicted molar refractivity (Wildman–Crippen MR) is 71.3 cm³/mol. The van der Waals surface area contributed by atoms with E-state index in [0.29, 0.717) is 11.5 Å². The second-order valence-corrected chi connectivity index (χ2v) is 5.13. The molecule has 1 saturated carbocycles. The first-order chi connectivity index (χ1) is 9.24. The molecule has 1 heterocycles. The van der Waals surface area contributed by atoms with Gasteiger partial charge in [0.2, 0.25) is 0 Å². The average Bonchev–Trinajstić information content (AvgIpc) is 2.37. The van der Waals surface area contributed by atoms with Gasteiger partial charge in [0.25, 0.3) is 0 Å². The summed E-state index contributed by atoms with van der Waals surface area (Å²) in [5.41, 5.74) is 2.59. The molecule has 0 radical (unpaired) electrons. The highest BCUT2D eigenvalue weighted by Crippen LogP contribution is 2.36. The van der Waals surface area contributed by atoms with E-state index in [4.69, 9.17) is 0 Å². The molecule has 1 aliphatic carbocycles. The molecule has 98 valence electrons. The number of halogens is 1. The topological polar surface area (TPSA) is 33.1 Å². The number of benzene rings is 1. The lowest BCUT2D eigenvalue weighted by Crippen LogP contribution is -2.09. The molecule has 0 saturated heterocycles. The lowest BCUT2D eigenvalue weighted by molar-refractivity contribution is 0.219. The molecule has 19 heavy (non-hydrogen) atoms. The summed E-state index contributed by atoms with van der Waals surface area (Å²) < 4.78 is 13.1. The van der Waals surface area contributed by atoms with Crippen LogP contribution in [0, 0.1) is 5.82 Å². The van der Waals surface area contributed by atoms with E-state index >= 15 is 0 Å². The van der Waals surface area contributed by atoms with E-state index in [2.05, 4.69) is 17.1 Å². The number of rotatable bonds is 3. The number of aliphatic hydroxyl groups excluding tert-OH is 1. The summed E-state index contributed by atoms with van der Waals surface area (Å²) in [5, 5.41) is 10.2. The maximum atomic E-state index is 13.1. The number of aromatic nitrogens is 1. The smallest absolute Gasteiger partial charge is 0.141 e. The molecule has 1 unspecified atom stereocenters. The molecule has 0 aliphatic heterocycles. The fourth-order valence-corrected chi connectivity index (χ4v) is 2.46. The molecule has 1 aromatic carbocycles. The molecule has 1 N–H and O–H groups in total. The first-order valence-corrected chi connectivity index (χ1v) is 6.62. The average molecular weight is 257 g/mol. The van der Waals surface area contributed by atoms with Crippen LogP contribution < -0.4 is 0 Å². The molecule has 2 aromatic rings. The largest absolute Gasteiger partial charge is 0.384 e. The molecule has 2 nitrogen and oxygen atoms in total. The zero-order valence-electron chi connectivity index (χ0n) is 10.6. The van der Waals surface area contributed by atoms with Gasteiger partial charge >= 0.3 is 0 Å². The van der Waals surface area contributed by atoms with E-state index in [0.717, 1.165) is 11.8 Å². The SMILES string of the molecule is OC(c1ccc(C2CCC2)cc1)c1cncc(F)c1. The lowest BCUT2D eigenvalue weighted by Gasteiger charge is -2.26. The van der Waals surface area contributed by atoms with Crippen LogP contribution in [0.1, 0.15) is 48.0 Å². The lowest BCUT2D eigenvalue weighted by atomic mass is 9.80. The van der Waals surface area contributed by atoms with Crippen molar-refractivity contribution in [1.29, 1.82) is 0 Å². The third-order valence-corrected chi connectivity index (χ3v) is 3.87. The van der Waals surface area contributed by atoms with Gasteiger partial charge in [-0.15, -0.1) is 0 Å². The Labute approximate surface area is 111 Å². The van der Waals surface area contributed by atoms with E-state index in [-0.39, 0.29) is 0 Å². The summed E-state index contributed by atoms with van der Waals surface area (Å²) in [7, 11) is 0. The van der Waals surface area contributed by atoms with E-state index in [9.17, 15) is 9.50 Å². The highest BCUT2D eigenvalue weighted by Gasteiger charge is 2.19. The summed E-state index contributed by atoms with van der Waals surface area (Å²) in [6, 6.07) is 9.29. The maximum Gasteiger partial charge on any atom is 0.141 e. The Kier molecular flexibility index (Phi) is 3.30. The van der Waals surface area contributed by atoms with Crippen molar-refractivity contribution in [3.05, 3.63) is 65.2 Å². The highest BCUT2D eigenvalue weighted by molar-refractivity contribution is 5.32. The van der Waals surface area contributed by atoms with Crippen molar-refractivity contribution in [3.8, 4) is 0 Å². The molecule has 0 amide bonds. The van der Waals surface area contributed by atoms with Crippen LogP contribution in [0.5, 0.6) is 0 Å². The van der Waals surface area contributed by atoms with Gasteiger partial charge in [0.05, 0.1) is 6.20 Å². The number of hydrogen-bond donors (Lipinski definition) is 1. The Morgan fingerprint density at radius 1 is 1.11 bits per heavy atom. The Hall–Kier alpha value is -1.74. The van der Waals surface area contributed by atoms with Crippen molar-refractivity contribution in [3.63, 3.8) is 0 Å². The van der Waals surface area contributed by atoms with Crippen LogP contribution in [-0.4, -0.2) is 10.1 Å². The van der Waals surface area contributed by atoms with Crippen LogP contribution in [-0.2, 0) is 0 Å². The van der Waals surface area contributed by atoms with E-state index in [1.807, 2.05) is 12.1 Å². The van der Waals surface area contributed by atoms with E-state index in [1.54, 1.807) is 0 Å². The number of pyridine rings is 1. The second kappa shape index (κ2) is 5.10. The van der Waals surface area contributed by atoms with Crippen molar-refractivity contribution in [1.82, 2.24) is 4.98 Å². The van der Waals surface area contributed by atoms with Gasteiger partial charge in [0.15, 0.2) is 0 Å². The van der Waals surface area contributed by atoms with Gasteiger partial charge in [0.1, 0.15) is 11.9 Å². The summed E-state index contributed by atoms with van der Waals surface area (Å²) in [6.45, 7) is 0. The van der Waals surface area contributed by atoms with Gasteiger partial charge in [-0.1, -0.05) is 30.7 Å². The van der Waals surface area contributed by atoms with Gasteiger partial charge in [0, 0.05) is 11.8 Å². The molecule has 1 aromatic heterocycles. The maximum absolute atomic E-state index is 13.1. The first-order valence-electron chi connectivity index (χ1n) is 6.62. The summed E-state index contributed by atoms with van der Waals surface area (Å²) >= 11 is 0. The van der Waals surface area contributed by atoms with Crippen LogP contribution in [0.4, 0.5) is 4.39 Å². The third kappa shape index (κ3) is 2.51. The zero-order chi connectivity index (χ0) is 13.2. The summed E-state index contributed by atoms with van der Waals surface area (Å²) in [6.07, 6.45) is 5.64. The summed E-state index contributed by atoms with van der Waals surface area (Å²) in [4.78, 5) is 3.76. The van der Waals surface area contributed by atoms with Crippen LogP contribution >= 0.6 is 0 Å². The van der Waals surface area contributed by atoms with E-state index < -0.39 is 11.9 Å².